The van der Waals surface area contributed by atoms with E-state index in [0.29, 0.717) is 0 Å². The number of rotatable bonds is 9. The first-order valence-corrected chi connectivity index (χ1v) is 11.7. The molecule has 6 N–H and O–H groups in total. The number of aliphatic carboxylic acids is 1. The van der Waals surface area contributed by atoms with E-state index in [1.807, 2.05) is 5.32 Å². The Hall–Kier alpha value is -3.28. The van der Waals surface area contributed by atoms with Crippen molar-refractivity contribution in [3.8, 4) is 5.75 Å². The molecule has 1 heterocycles. The van der Waals surface area contributed by atoms with E-state index in [0.717, 1.165) is 0 Å². The number of nitrogens with two attached hydrogens (primary N) is 1. The van der Waals surface area contributed by atoms with E-state index in [-0.39, 0.29) is 56.0 Å². The van der Waals surface area contributed by atoms with Gasteiger partial charge in [0.05, 0.1) is 5.57 Å². The number of alkyl halides is 3. The number of halogens is 8. The Bertz CT molecular complexity index is 1090. The van der Waals surface area contributed by atoms with Crippen LogP contribution >= 0.6 is 10.2 Å². The number of amides is 1. The fourth-order valence-electron chi connectivity index (χ4n) is 3.04. The third-order valence-corrected chi connectivity index (χ3v) is 5.87. The molecule has 0 saturated heterocycles. The average Bonchev–Trinajstić information content (AvgIpc) is 2.73. The van der Waals surface area contributed by atoms with Gasteiger partial charge in [-0.1, -0.05) is 19.4 Å². The summed E-state index contributed by atoms with van der Waals surface area (Å²) in [6.07, 6.45) is -8.00. The Morgan fingerprint density at radius 1 is 1.17 bits per heavy atom. The first-order chi connectivity index (χ1) is 16.2. The van der Waals surface area contributed by atoms with Crippen LogP contribution in [0.4, 0.5) is 32.6 Å². The van der Waals surface area contributed by atoms with E-state index in [4.69, 9.17) is 10.9 Å². The zero-order chi connectivity index (χ0) is 27.6. The number of benzene rings is 1. The first kappa shape index (κ1) is 29.0. The molecule has 0 fully saturated rings. The molecule has 36 heavy (non-hydrogen) atoms. The summed E-state index contributed by atoms with van der Waals surface area (Å²) in [5.74, 6) is -4.44. The fraction of sp³-hybridized carbons (Fsp3) is 0.389. The van der Waals surface area contributed by atoms with Crippen LogP contribution in [0.5, 0.6) is 5.75 Å². The zero-order valence-electron chi connectivity index (χ0n) is 17.9. The number of hydrogen-bond acceptors (Lipinski definition) is 5. The maximum Gasteiger partial charge on any atom is 0.429 e. The number of fused-ring (bicyclic) bond motifs is 1. The highest BCUT2D eigenvalue weighted by molar-refractivity contribution is 8.45. The van der Waals surface area contributed by atoms with E-state index < -0.39 is 62.2 Å². The van der Waals surface area contributed by atoms with Gasteiger partial charge < -0.3 is 20.9 Å². The first-order valence-electron chi connectivity index (χ1n) is 9.79. The minimum Gasteiger partial charge on any atom is -0.480 e. The molecule has 0 spiro atoms. The Labute approximate surface area is 197 Å². The number of hydroxylamine groups is 1. The second-order valence-electron chi connectivity index (χ2n) is 7.55. The molecule has 0 aliphatic carbocycles. The van der Waals surface area contributed by atoms with Gasteiger partial charge in [-0.3, -0.25) is 15.0 Å². The van der Waals surface area contributed by atoms with Crippen LogP contribution in [0.25, 0.3) is 6.08 Å². The predicted molar refractivity (Wildman–Crippen MR) is 111 cm³/mol. The molecule has 0 saturated carbocycles. The maximum atomic E-state index is 13.5. The molecule has 1 aliphatic heterocycles. The number of carboxylic acids is 1. The molecule has 0 aromatic heterocycles. The highest BCUT2D eigenvalue weighted by Crippen LogP contribution is 3.02. The average molecular weight is 556 g/mol. The molecule has 18 heteroatoms. The van der Waals surface area contributed by atoms with Crippen LogP contribution in [-0.4, -0.2) is 53.0 Å². The Balaban J connectivity index is 2.32. The Morgan fingerprint density at radius 2 is 1.81 bits per heavy atom. The highest BCUT2D eigenvalue weighted by Gasteiger charge is 2.65. The van der Waals surface area contributed by atoms with Crippen LogP contribution in [0.2, 0.25) is 0 Å². The number of unbranched alkanes of at least 4 members (excludes halogenated alkanes) is 1. The van der Waals surface area contributed by atoms with Gasteiger partial charge in [-0.05, 0) is 43.5 Å². The number of hydrogen-bond donors (Lipinski definition) is 5. The van der Waals surface area contributed by atoms with Gasteiger partial charge in [0, 0.05) is 12.1 Å². The number of aliphatic imine (C=N–C) groups is 1. The summed E-state index contributed by atoms with van der Waals surface area (Å²) in [4.78, 5) is 25.2. The number of nitrogens with one attached hydrogen (secondary N) is 2. The van der Waals surface area contributed by atoms with Gasteiger partial charge in [-0.25, -0.2) is 10.3 Å². The van der Waals surface area contributed by atoms with Crippen LogP contribution in [0.1, 0.15) is 24.8 Å². The molecule has 1 aliphatic rings. The molecule has 0 bridgehead atoms. The maximum absolute atomic E-state index is 13.5. The van der Waals surface area contributed by atoms with Crippen LogP contribution < -0.4 is 21.3 Å². The molecule has 9 nitrogen and oxygen atoms in total. The van der Waals surface area contributed by atoms with Gasteiger partial charge >= 0.3 is 22.4 Å². The lowest BCUT2D eigenvalue weighted by Crippen LogP contribution is -2.47. The molecule has 1 amide bonds. The minimum absolute atomic E-state index is 0.0279. The lowest BCUT2D eigenvalue weighted by molar-refractivity contribution is -0.185. The number of carbonyl (C=O) groups is 2. The van der Waals surface area contributed by atoms with Crippen molar-refractivity contribution in [2.75, 3.05) is 6.54 Å². The van der Waals surface area contributed by atoms with E-state index in [1.54, 1.807) is 5.48 Å². The van der Waals surface area contributed by atoms with Crippen LogP contribution in [0.3, 0.4) is 0 Å². The van der Waals surface area contributed by atoms with Crippen LogP contribution in [0, 0.1) is 0 Å². The van der Waals surface area contributed by atoms with Crippen molar-refractivity contribution in [2.45, 2.75) is 42.5 Å². The van der Waals surface area contributed by atoms with Crippen molar-refractivity contribution in [3.05, 3.63) is 29.3 Å². The van der Waals surface area contributed by atoms with Crippen molar-refractivity contribution in [1.29, 1.82) is 0 Å². The summed E-state index contributed by atoms with van der Waals surface area (Å²) < 4.78 is 111. The Kier molecular flexibility index (Phi) is 7.48. The van der Waals surface area contributed by atoms with Gasteiger partial charge in [0.25, 0.3) is 5.91 Å². The quantitative estimate of drug-likeness (QED) is 0.101. The summed E-state index contributed by atoms with van der Waals surface area (Å²) in [6.45, 7) is 0.0279. The zero-order valence-corrected chi connectivity index (χ0v) is 18.7. The summed E-state index contributed by atoms with van der Waals surface area (Å²) >= 11 is 0. The molecule has 1 aromatic carbocycles. The molecule has 0 radical (unpaired) electrons. The summed E-state index contributed by atoms with van der Waals surface area (Å²) in [6, 6.07) is -1.74. The molecular formula is C18H20F8N4O5S. The minimum atomic E-state index is -10.2. The highest BCUT2D eigenvalue weighted by atomic mass is 32.5. The Morgan fingerprint density at radius 3 is 2.33 bits per heavy atom. The van der Waals surface area contributed by atoms with Crippen LogP contribution in [-0.2, 0) is 9.59 Å². The molecule has 1 unspecified atom stereocenters. The number of nitrogens with zero attached hydrogens (tertiary/aromatic N) is 1. The fourth-order valence-corrected chi connectivity index (χ4v) is 3.72. The van der Waals surface area contributed by atoms with Crippen molar-refractivity contribution < 1.29 is 57.2 Å². The third-order valence-electron chi connectivity index (χ3n) is 4.73. The third kappa shape index (κ3) is 7.61. The molecule has 204 valence electrons. The van der Waals surface area contributed by atoms with Gasteiger partial charge in [-0.15, -0.1) is 0 Å². The van der Waals surface area contributed by atoms with Crippen LogP contribution in [0.15, 0.2) is 33.7 Å². The van der Waals surface area contributed by atoms with Gasteiger partial charge in [0.2, 0.25) is 12.1 Å². The van der Waals surface area contributed by atoms with E-state index >= 15 is 0 Å². The second kappa shape index (κ2) is 9.30. The topological polar surface area (TPSA) is 146 Å². The van der Waals surface area contributed by atoms with E-state index in [2.05, 4.69) is 9.73 Å². The van der Waals surface area contributed by atoms with Gasteiger partial charge in [-0.2, -0.15) is 13.2 Å². The van der Waals surface area contributed by atoms with Crippen molar-refractivity contribution in [3.63, 3.8) is 0 Å². The number of carboxylic acid groups (broad SMARTS) is 1. The summed E-state index contributed by atoms with van der Waals surface area (Å²) in [7, 11) is -10.2. The second-order valence-corrected chi connectivity index (χ2v) is 9.96. The summed E-state index contributed by atoms with van der Waals surface area (Å²) in [5, 5.41) is 19.6. The SMILES string of the molecule is NC(=NCCCCC(NC(=O)C1=Cc2cc(S(F)(F)(F)(F)F)ccc2O[C@@H]1C(F)(F)F)C(=O)O)NO. The van der Waals surface area contributed by atoms with E-state index in [9.17, 15) is 47.3 Å². The normalized spacial score (nSPS) is 19.1. The standard InChI is InChI=1S/C18H20F8N4O5S/c19-18(20,21)14-11(8-9-7-10(4-5-13(9)35-14)36(22,23,24,25)26)15(31)29-12(16(32)33)3-1-2-6-28-17(27)30-34/h4-5,7-8,12,14,34H,1-3,6H2,(H,29,31)(H,32,33)(H3,27,28,30)/t12?,14-/m0/s1. The number of ether oxygens (including phenoxy) is 1. The molecule has 1 aromatic rings. The molecule has 2 rings (SSSR count). The smallest absolute Gasteiger partial charge is 0.429 e. The largest absolute Gasteiger partial charge is 0.480 e. The van der Waals surface area contributed by atoms with E-state index in [1.165, 1.54) is 0 Å². The van der Waals surface area contributed by atoms with Crippen molar-refractivity contribution in [1.82, 2.24) is 10.8 Å². The number of carbonyl (C=O) groups excluding carboxylic acids is 1. The summed E-state index contributed by atoms with van der Waals surface area (Å²) in [5.41, 5.74) is 4.51. The lowest BCUT2D eigenvalue weighted by atomic mass is 9.99. The van der Waals surface area contributed by atoms with Crippen molar-refractivity contribution in [2.24, 2.45) is 10.7 Å². The van der Waals surface area contributed by atoms with Gasteiger partial charge in [0.1, 0.15) is 16.7 Å². The predicted octanol–water partition coefficient (Wildman–Crippen LogP) is 4.08. The molecular weight excluding hydrogens is 536 g/mol. The monoisotopic (exact) mass is 556 g/mol. The number of guanidine groups is 1. The lowest BCUT2D eigenvalue weighted by Gasteiger charge is -2.41. The van der Waals surface area contributed by atoms with Crippen molar-refractivity contribution >= 4 is 34.1 Å². The molecule has 2 atom stereocenters. The van der Waals surface area contributed by atoms with Gasteiger partial charge in [0.15, 0.2) is 0 Å².